The number of unbranched alkanes of at least 4 members (excludes halogenated alkanes) is 3. The van der Waals surface area contributed by atoms with Crippen LogP contribution in [0.5, 0.6) is 0 Å². The van der Waals surface area contributed by atoms with E-state index in [2.05, 4.69) is 4.74 Å². The summed E-state index contributed by atoms with van der Waals surface area (Å²) in [4.78, 5) is 10.8. The number of esters is 1. The van der Waals surface area contributed by atoms with E-state index in [4.69, 9.17) is 10.8 Å². The van der Waals surface area contributed by atoms with Crippen LogP contribution < -0.4 is 5.73 Å². The maximum absolute atomic E-state index is 10.8. The SMILES string of the molecule is COC(=O)C(N)CCCCCCO. The number of carbonyl (C=O) groups excluding carboxylic acids is 1. The van der Waals surface area contributed by atoms with Crippen molar-refractivity contribution in [2.24, 2.45) is 5.73 Å². The monoisotopic (exact) mass is 189 g/mol. The van der Waals surface area contributed by atoms with Crippen molar-refractivity contribution in [2.75, 3.05) is 13.7 Å². The maximum atomic E-state index is 10.8. The fourth-order valence-electron chi connectivity index (χ4n) is 1.10. The van der Waals surface area contributed by atoms with E-state index in [1.807, 2.05) is 0 Å². The van der Waals surface area contributed by atoms with Crippen molar-refractivity contribution < 1.29 is 14.6 Å². The Bertz CT molecular complexity index is 139. The lowest BCUT2D eigenvalue weighted by molar-refractivity contribution is -0.142. The fourth-order valence-corrected chi connectivity index (χ4v) is 1.10. The first-order chi connectivity index (χ1) is 6.22. The van der Waals surface area contributed by atoms with Gasteiger partial charge in [-0.15, -0.1) is 0 Å². The second-order valence-corrected chi connectivity index (χ2v) is 3.06. The Morgan fingerprint density at radius 1 is 1.38 bits per heavy atom. The zero-order valence-corrected chi connectivity index (χ0v) is 8.16. The van der Waals surface area contributed by atoms with Crippen LogP contribution in [0.1, 0.15) is 32.1 Å². The third kappa shape index (κ3) is 6.54. The van der Waals surface area contributed by atoms with Crippen LogP contribution in [0.4, 0.5) is 0 Å². The van der Waals surface area contributed by atoms with Crippen LogP contribution in [0.15, 0.2) is 0 Å². The molecule has 0 aromatic rings. The molecular weight excluding hydrogens is 170 g/mol. The molecule has 0 saturated carbocycles. The van der Waals surface area contributed by atoms with Gasteiger partial charge in [0.1, 0.15) is 6.04 Å². The van der Waals surface area contributed by atoms with Gasteiger partial charge in [0.2, 0.25) is 0 Å². The van der Waals surface area contributed by atoms with Gasteiger partial charge in [0.15, 0.2) is 0 Å². The standard InChI is InChI=1S/C9H19NO3/c1-13-9(12)8(10)6-4-2-3-5-7-11/h8,11H,2-7,10H2,1H3. The molecule has 0 spiro atoms. The van der Waals surface area contributed by atoms with Gasteiger partial charge in [-0.2, -0.15) is 0 Å². The lowest BCUT2D eigenvalue weighted by Gasteiger charge is -2.07. The summed E-state index contributed by atoms with van der Waals surface area (Å²) in [6.45, 7) is 0.239. The quantitative estimate of drug-likeness (QED) is 0.450. The molecule has 0 aromatic carbocycles. The minimum Gasteiger partial charge on any atom is -0.468 e. The summed E-state index contributed by atoms with van der Waals surface area (Å²) in [6.07, 6.45) is 4.40. The van der Waals surface area contributed by atoms with Gasteiger partial charge in [-0.05, 0) is 12.8 Å². The highest BCUT2D eigenvalue weighted by Crippen LogP contribution is 2.04. The topological polar surface area (TPSA) is 72.5 Å². The molecule has 13 heavy (non-hydrogen) atoms. The third-order valence-corrected chi connectivity index (χ3v) is 1.93. The van der Waals surface area contributed by atoms with Crippen LogP contribution in [0, 0.1) is 0 Å². The van der Waals surface area contributed by atoms with E-state index in [1.165, 1.54) is 7.11 Å². The highest BCUT2D eigenvalue weighted by atomic mass is 16.5. The predicted molar refractivity (Wildman–Crippen MR) is 50.2 cm³/mol. The number of nitrogens with two attached hydrogens (primary N) is 1. The summed E-state index contributed by atoms with van der Waals surface area (Å²) in [5, 5.41) is 8.50. The Morgan fingerprint density at radius 2 is 2.00 bits per heavy atom. The summed E-state index contributed by atoms with van der Waals surface area (Å²) in [5.41, 5.74) is 5.52. The molecule has 78 valence electrons. The Morgan fingerprint density at radius 3 is 2.54 bits per heavy atom. The molecule has 0 aliphatic carbocycles. The number of aliphatic hydroxyl groups excluding tert-OH is 1. The van der Waals surface area contributed by atoms with E-state index in [-0.39, 0.29) is 12.6 Å². The van der Waals surface area contributed by atoms with Crippen LogP contribution >= 0.6 is 0 Å². The van der Waals surface area contributed by atoms with Crippen LogP contribution in [-0.2, 0) is 9.53 Å². The smallest absolute Gasteiger partial charge is 0.322 e. The van der Waals surface area contributed by atoms with E-state index in [0.717, 1.165) is 25.7 Å². The average molecular weight is 189 g/mol. The van der Waals surface area contributed by atoms with Gasteiger partial charge in [-0.3, -0.25) is 4.79 Å². The molecule has 1 unspecified atom stereocenters. The first-order valence-corrected chi connectivity index (χ1v) is 4.66. The number of carbonyl (C=O) groups is 1. The van der Waals surface area contributed by atoms with Gasteiger partial charge in [0.25, 0.3) is 0 Å². The minimum atomic E-state index is -0.487. The maximum Gasteiger partial charge on any atom is 0.322 e. The van der Waals surface area contributed by atoms with Gasteiger partial charge in [-0.25, -0.2) is 0 Å². The number of rotatable bonds is 7. The predicted octanol–water partition coefficient (Wildman–Crippen LogP) is 0.429. The van der Waals surface area contributed by atoms with E-state index < -0.39 is 6.04 Å². The van der Waals surface area contributed by atoms with Gasteiger partial charge in [0, 0.05) is 6.61 Å². The molecule has 4 heteroatoms. The largest absolute Gasteiger partial charge is 0.468 e. The van der Waals surface area contributed by atoms with Crippen molar-refractivity contribution >= 4 is 5.97 Å². The summed E-state index contributed by atoms with van der Waals surface area (Å²) in [6, 6.07) is -0.487. The zero-order valence-electron chi connectivity index (χ0n) is 8.16. The van der Waals surface area contributed by atoms with E-state index in [1.54, 1.807) is 0 Å². The van der Waals surface area contributed by atoms with E-state index in [9.17, 15) is 4.79 Å². The minimum absolute atomic E-state index is 0.239. The number of aliphatic hydroxyl groups is 1. The summed E-state index contributed by atoms with van der Waals surface area (Å²) in [7, 11) is 1.34. The number of ether oxygens (including phenoxy) is 1. The first kappa shape index (κ1) is 12.4. The Hall–Kier alpha value is -0.610. The highest BCUT2D eigenvalue weighted by Gasteiger charge is 2.11. The summed E-state index contributed by atoms with van der Waals surface area (Å²) < 4.78 is 4.49. The van der Waals surface area contributed by atoms with Crippen LogP contribution in [0.2, 0.25) is 0 Å². The van der Waals surface area contributed by atoms with Crippen molar-refractivity contribution in [3.8, 4) is 0 Å². The molecule has 0 aromatic heterocycles. The molecule has 0 amide bonds. The normalized spacial score (nSPS) is 12.5. The molecule has 3 N–H and O–H groups in total. The van der Waals surface area contributed by atoms with E-state index >= 15 is 0 Å². The number of hydrogen-bond acceptors (Lipinski definition) is 4. The van der Waals surface area contributed by atoms with Crippen LogP contribution in [0.25, 0.3) is 0 Å². The molecule has 1 atom stereocenters. The van der Waals surface area contributed by atoms with Gasteiger partial charge in [0.05, 0.1) is 7.11 Å². The molecule has 4 nitrogen and oxygen atoms in total. The van der Waals surface area contributed by atoms with Crippen molar-refractivity contribution in [2.45, 2.75) is 38.1 Å². The number of hydrogen-bond donors (Lipinski definition) is 2. The molecule has 0 bridgehead atoms. The van der Waals surface area contributed by atoms with Crippen molar-refractivity contribution in [1.29, 1.82) is 0 Å². The van der Waals surface area contributed by atoms with Crippen LogP contribution in [-0.4, -0.2) is 30.8 Å². The molecule has 0 saturated heterocycles. The fraction of sp³-hybridized carbons (Fsp3) is 0.889. The molecule has 0 aliphatic rings. The number of methoxy groups -OCH3 is 1. The van der Waals surface area contributed by atoms with Gasteiger partial charge < -0.3 is 15.6 Å². The van der Waals surface area contributed by atoms with E-state index in [0.29, 0.717) is 6.42 Å². The van der Waals surface area contributed by atoms with Crippen molar-refractivity contribution in [1.82, 2.24) is 0 Å². The molecule has 0 fully saturated rings. The van der Waals surface area contributed by atoms with Crippen molar-refractivity contribution in [3.63, 3.8) is 0 Å². The van der Waals surface area contributed by atoms with Gasteiger partial charge in [-0.1, -0.05) is 19.3 Å². The van der Waals surface area contributed by atoms with Crippen LogP contribution in [0.3, 0.4) is 0 Å². The highest BCUT2D eigenvalue weighted by molar-refractivity contribution is 5.75. The zero-order chi connectivity index (χ0) is 10.1. The second kappa shape index (κ2) is 8.01. The Kier molecular flexibility index (Phi) is 7.63. The van der Waals surface area contributed by atoms with Crippen molar-refractivity contribution in [3.05, 3.63) is 0 Å². The molecule has 0 radical (unpaired) electrons. The van der Waals surface area contributed by atoms with Gasteiger partial charge >= 0.3 is 5.97 Å². The summed E-state index contributed by atoms with van der Waals surface area (Å²) in [5.74, 6) is -0.345. The lowest BCUT2D eigenvalue weighted by Crippen LogP contribution is -2.31. The Labute approximate surface area is 79.1 Å². The first-order valence-electron chi connectivity index (χ1n) is 4.66. The molecule has 0 heterocycles. The molecule has 0 aliphatic heterocycles. The molecular formula is C9H19NO3. The average Bonchev–Trinajstić information content (AvgIpc) is 2.16. The lowest BCUT2D eigenvalue weighted by atomic mass is 10.1. The third-order valence-electron chi connectivity index (χ3n) is 1.93. The summed E-state index contributed by atoms with van der Waals surface area (Å²) >= 11 is 0. The second-order valence-electron chi connectivity index (χ2n) is 3.06. The molecule has 0 rings (SSSR count). The Balaban J connectivity index is 3.26.